The van der Waals surface area contributed by atoms with Crippen LogP contribution in [0.5, 0.6) is 5.75 Å². The van der Waals surface area contributed by atoms with Crippen LogP contribution in [0, 0.1) is 12.7 Å². The molecule has 2 heterocycles. The molecule has 0 spiro atoms. The smallest absolute Gasteiger partial charge is 0.350 e. The second kappa shape index (κ2) is 9.73. The number of nitrogens with one attached hydrogen (secondary N) is 2. The van der Waals surface area contributed by atoms with Gasteiger partial charge in [-0.2, -0.15) is 9.78 Å². The quantitative estimate of drug-likeness (QED) is 0.347. The average Bonchev–Trinajstić information content (AvgIpc) is 3.47. The highest BCUT2D eigenvalue weighted by Gasteiger charge is 2.22. The number of carbonyl (C=O) groups excluding carboxylic acids is 1. The fourth-order valence-electron chi connectivity index (χ4n) is 4.10. The molecule has 3 aromatic carbocycles. The Bertz CT molecular complexity index is 1670. The zero-order chi connectivity index (χ0) is 26.1. The number of anilines is 1. The third-order valence-corrected chi connectivity index (χ3v) is 6.18. The summed E-state index contributed by atoms with van der Waals surface area (Å²) in [7, 11) is 1.58. The normalized spacial score (nSPS) is 11.1. The Morgan fingerprint density at radius 1 is 1.16 bits per heavy atom. The number of aromatic nitrogens is 5. The summed E-state index contributed by atoms with van der Waals surface area (Å²) >= 11 is 0. The van der Waals surface area contributed by atoms with Crippen LogP contribution in [0.3, 0.4) is 0 Å². The van der Waals surface area contributed by atoms with Crippen molar-refractivity contribution in [3.05, 3.63) is 99.6 Å². The van der Waals surface area contributed by atoms with Gasteiger partial charge in [-0.3, -0.25) is 14.5 Å². The number of aromatic amines is 1. The molecule has 2 N–H and O–H groups in total. The molecule has 1 amide bonds. The molecule has 0 atom stereocenters. The van der Waals surface area contributed by atoms with Gasteiger partial charge in [-0.25, -0.2) is 9.18 Å². The molecular weight excluding hydrogens is 475 g/mol. The molecule has 0 fully saturated rings. The summed E-state index contributed by atoms with van der Waals surface area (Å²) in [6, 6.07) is 15.5. The molecule has 10 heteroatoms. The summed E-state index contributed by atoms with van der Waals surface area (Å²) in [5.41, 5.74) is 2.46. The van der Waals surface area contributed by atoms with Gasteiger partial charge in [0, 0.05) is 30.6 Å². The zero-order valence-corrected chi connectivity index (χ0v) is 20.6. The zero-order valence-electron chi connectivity index (χ0n) is 20.6. The Labute approximate surface area is 211 Å². The number of aryl methyl sites for hydroxylation is 2. The van der Waals surface area contributed by atoms with Gasteiger partial charge in [0.2, 0.25) is 0 Å². The first-order chi connectivity index (χ1) is 17.9. The Kier molecular flexibility index (Phi) is 6.31. The fourth-order valence-corrected chi connectivity index (χ4v) is 4.10. The molecule has 0 aliphatic carbocycles. The highest BCUT2D eigenvalue weighted by molar-refractivity contribution is 6.07. The number of H-pyrrole nitrogens is 1. The monoisotopic (exact) mass is 500 g/mol. The highest BCUT2D eigenvalue weighted by Crippen LogP contribution is 2.29. The summed E-state index contributed by atoms with van der Waals surface area (Å²) in [5, 5.41) is 14.8. The van der Waals surface area contributed by atoms with Crippen LogP contribution >= 0.6 is 0 Å². The van der Waals surface area contributed by atoms with Crippen molar-refractivity contribution in [1.82, 2.24) is 24.5 Å². The number of nitrogens with zero attached hydrogens (tertiary/aromatic N) is 4. The number of fused-ring (bicyclic) bond motifs is 1. The number of carbonyl (C=O) groups is 1. The van der Waals surface area contributed by atoms with Gasteiger partial charge >= 0.3 is 5.69 Å². The first-order valence-electron chi connectivity index (χ1n) is 11.8. The molecule has 0 aliphatic heterocycles. The van der Waals surface area contributed by atoms with E-state index in [0.717, 1.165) is 32.8 Å². The molecule has 0 saturated heterocycles. The molecule has 0 aliphatic rings. The van der Waals surface area contributed by atoms with E-state index in [9.17, 15) is 9.59 Å². The summed E-state index contributed by atoms with van der Waals surface area (Å²) < 4.78 is 23.7. The van der Waals surface area contributed by atoms with Crippen LogP contribution < -0.4 is 15.7 Å². The molecule has 188 valence electrons. The third-order valence-electron chi connectivity index (χ3n) is 6.18. The second-order valence-corrected chi connectivity index (χ2v) is 8.68. The first kappa shape index (κ1) is 24.0. The van der Waals surface area contributed by atoms with Crippen molar-refractivity contribution < 1.29 is 13.9 Å². The number of ether oxygens (including phenoxy) is 1. The molecule has 5 rings (SSSR count). The predicted octanol–water partition coefficient (Wildman–Crippen LogP) is 4.29. The van der Waals surface area contributed by atoms with E-state index >= 15 is 4.39 Å². The maximum atomic E-state index is 15.4. The van der Waals surface area contributed by atoms with E-state index in [2.05, 4.69) is 20.6 Å². The number of amides is 1. The molecule has 2 aromatic heterocycles. The Hall–Kier alpha value is -4.73. The van der Waals surface area contributed by atoms with Crippen LogP contribution in [-0.4, -0.2) is 30.5 Å². The van der Waals surface area contributed by atoms with E-state index in [1.807, 2.05) is 50.2 Å². The molecule has 0 radical (unpaired) electrons. The maximum absolute atomic E-state index is 15.4. The Balaban J connectivity index is 1.55. The first-order valence-corrected chi connectivity index (χ1v) is 11.8. The molecule has 9 nitrogen and oxygen atoms in total. The van der Waals surface area contributed by atoms with E-state index in [4.69, 9.17) is 4.74 Å². The number of halogens is 1. The fraction of sp³-hybridized carbons (Fsp3) is 0.185. The van der Waals surface area contributed by atoms with Crippen molar-refractivity contribution in [2.45, 2.75) is 26.9 Å². The van der Waals surface area contributed by atoms with Crippen molar-refractivity contribution in [1.29, 1.82) is 0 Å². The predicted molar refractivity (Wildman–Crippen MR) is 138 cm³/mol. The lowest BCUT2D eigenvalue weighted by molar-refractivity contribution is 0.102. The van der Waals surface area contributed by atoms with Gasteiger partial charge in [0.25, 0.3) is 5.91 Å². The molecule has 5 aromatic rings. The van der Waals surface area contributed by atoms with Crippen LogP contribution in [0.2, 0.25) is 0 Å². The van der Waals surface area contributed by atoms with Crippen LogP contribution in [0.4, 0.5) is 10.1 Å². The lowest BCUT2D eigenvalue weighted by Crippen LogP contribution is -2.23. The minimum atomic E-state index is -0.776. The molecule has 37 heavy (non-hydrogen) atoms. The Morgan fingerprint density at radius 2 is 1.95 bits per heavy atom. The van der Waals surface area contributed by atoms with Crippen molar-refractivity contribution in [2.75, 3.05) is 5.32 Å². The van der Waals surface area contributed by atoms with Crippen LogP contribution in [0.15, 0.2) is 65.6 Å². The minimum absolute atomic E-state index is 0.0106. The van der Waals surface area contributed by atoms with Crippen molar-refractivity contribution >= 4 is 22.5 Å². The molecule has 0 bridgehead atoms. The van der Waals surface area contributed by atoms with E-state index < -0.39 is 17.4 Å². The summed E-state index contributed by atoms with van der Waals surface area (Å²) in [6.07, 6.45) is 2.15. The van der Waals surface area contributed by atoms with Crippen molar-refractivity contribution in [2.24, 2.45) is 7.05 Å². The molecule has 0 unspecified atom stereocenters. The van der Waals surface area contributed by atoms with Crippen molar-refractivity contribution in [3.8, 4) is 11.4 Å². The topological polar surface area (TPSA) is 107 Å². The number of benzene rings is 3. The largest absolute Gasteiger partial charge is 0.488 e. The average molecular weight is 501 g/mol. The number of hydrogen-bond donors (Lipinski definition) is 2. The van der Waals surface area contributed by atoms with E-state index in [1.54, 1.807) is 19.3 Å². The lowest BCUT2D eigenvalue weighted by atomic mass is 10.1. The minimum Gasteiger partial charge on any atom is -0.488 e. The third kappa shape index (κ3) is 4.61. The van der Waals surface area contributed by atoms with Crippen molar-refractivity contribution in [3.63, 3.8) is 0 Å². The molecular formula is C27H25FN6O3. The van der Waals surface area contributed by atoms with E-state index in [0.29, 0.717) is 17.9 Å². The highest BCUT2D eigenvalue weighted by atomic mass is 19.1. The number of rotatable bonds is 7. The molecule has 0 saturated carbocycles. The number of hydrogen-bond acceptors (Lipinski definition) is 5. The van der Waals surface area contributed by atoms with Gasteiger partial charge in [-0.1, -0.05) is 37.3 Å². The van der Waals surface area contributed by atoms with Gasteiger partial charge < -0.3 is 10.1 Å². The van der Waals surface area contributed by atoms with Crippen LogP contribution in [-0.2, 0) is 20.1 Å². The SMILES string of the molecule is CCc1nn(-c2cc(OCc3ccccc3)c(C(=O)Nc3cc4cn[nH]c4cc3C)cc2F)c(=O)n1C. The van der Waals surface area contributed by atoms with Gasteiger partial charge in [0.05, 0.1) is 17.3 Å². The van der Waals surface area contributed by atoms with E-state index in [1.165, 1.54) is 10.6 Å². The summed E-state index contributed by atoms with van der Waals surface area (Å²) in [6.45, 7) is 3.85. The second-order valence-electron chi connectivity index (χ2n) is 8.68. The lowest BCUT2D eigenvalue weighted by Gasteiger charge is -2.15. The van der Waals surface area contributed by atoms with Gasteiger partial charge in [0.1, 0.15) is 29.7 Å². The van der Waals surface area contributed by atoms with Gasteiger partial charge in [0.15, 0.2) is 0 Å². The van der Waals surface area contributed by atoms with E-state index in [-0.39, 0.29) is 23.6 Å². The maximum Gasteiger partial charge on any atom is 0.350 e. The summed E-state index contributed by atoms with van der Waals surface area (Å²) in [4.78, 5) is 26.1. The Morgan fingerprint density at radius 3 is 2.68 bits per heavy atom. The van der Waals surface area contributed by atoms with Crippen LogP contribution in [0.25, 0.3) is 16.6 Å². The summed E-state index contributed by atoms with van der Waals surface area (Å²) in [5.74, 6) is -0.706. The van der Waals surface area contributed by atoms with Gasteiger partial charge in [-0.15, -0.1) is 5.10 Å². The standard InChI is InChI=1S/C27H25FN6O3/c1-4-25-32-34(27(36)33(25)3)23-13-24(37-15-17-8-6-5-7-9-17)19(12-20(23)28)26(35)30-21-11-18-14-29-31-22(18)10-16(21)2/h5-14H,4,15H2,1-3H3,(H,29,31)(H,30,35). The van der Waals surface area contributed by atoms with Crippen LogP contribution in [0.1, 0.15) is 34.2 Å². The van der Waals surface area contributed by atoms with Gasteiger partial charge in [-0.05, 0) is 36.2 Å².